The molecule has 28 heavy (non-hydrogen) atoms. The Morgan fingerprint density at radius 2 is 1.82 bits per heavy atom. The summed E-state index contributed by atoms with van der Waals surface area (Å²) in [5.41, 5.74) is 3.23. The van der Waals surface area contributed by atoms with Gasteiger partial charge < -0.3 is 4.74 Å². The van der Waals surface area contributed by atoms with Crippen molar-refractivity contribution in [3.05, 3.63) is 63.4 Å². The molecule has 146 valence electrons. The van der Waals surface area contributed by atoms with E-state index >= 15 is 0 Å². The molecule has 4 nitrogen and oxygen atoms in total. The van der Waals surface area contributed by atoms with Gasteiger partial charge in [0, 0.05) is 14.9 Å². The fraction of sp³-hybridized carbons (Fsp3) is 0.273. The van der Waals surface area contributed by atoms with E-state index in [1.54, 1.807) is 0 Å². The fourth-order valence-electron chi connectivity index (χ4n) is 2.82. The number of aryl methyl sites for hydroxylation is 2. The summed E-state index contributed by atoms with van der Waals surface area (Å²) in [6.07, 6.45) is 3.02. The van der Waals surface area contributed by atoms with Crippen molar-refractivity contribution in [1.29, 1.82) is 0 Å². The summed E-state index contributed by atoms with van der Waals surface area (Å²) >= 11 is 4.96. The molecular formula is C22H23BrN2O2S. The molecule has 0 radical (unpaired) electrons. The van der Waals surface area contributed by atoms with Crippen LogP contribution < -0.4 is 10.1 Å². The minimum absolute atomic E-state index is 0.0399. The monoisotopic (exact) mass is 458 g/mol. The number of nitrogens with zero attached hydrogens (tertiary/aromatic N) is 1. The Kier molecular flexibility index (Phi) is 7.23. The van der Waals surface area contributed by atoms with E-state index in [4.69, 9.17) is 4.74 Å². The highest BCUT2D eigenvalue weighted by molar-refractivity contribution is 9.10. The van der Waals surface area contributed by atoms with Crippen molar-refractivity contribution < 1.29 is 9.53 Å². The van der Waals surface area contributed by atoms with Crippen molar-refractivity contribution in [2.45, 2.75) is 33.1 Å². The smallest absolute Gasteiger partial charge is 0.264 e. The van der Waals surface area contributed by atoms with Gasteiger partial charge in [-0.05, 0) is 42.7 Å². The molecule has 0 saturated heterocycles. The van der Waals surface area contributed by atoms with Crippen LogP contribution in [0.1, 0.15) is 30.7 Å². The Hall–Kier alpha value is -2.18. The van der Waals surface area contributed by atoms with Crippen LogP contribution in [0.25, 0.3) is 11.3 Å². The summed E-state index contributed by atoms with van der Waals surface area (Å²) in [6, 6.07) is 15.9. The predicted octanol–water partition coefficient (Wildman–Crippen LogP) is 6.11. The van der Waals surface area contributed by atoms with E-state index in [0.717, 1.165) is 39.9 Å². The van der Waals surface area contributed by atoms with Gasteiger partial charge in [-0.3, -0.25) is 10.1 Å². The molecule has 0 bridgehead atoms. The zero-order valence-corrected chi connectivity index (χ0v) is 18.4. The summed E-state index contributed by atoms with van der Waals surface area (Å²) in [7, 11) is 0. The summed E-state index contributed by atoms with van der Waals surface area (Å²) in [5.74, 6) is 0.482. The third-order valence-electron chi connectivity index (χ3n) is 4.21. The third kappa shape index (κ3) is 5.42. The first kappa shape index (κ1) is 20.6. The van der Waals surface area contributed by atoms with Gasteiger partial charge in [-0.1, -0.05) is 60.5 Å². The summed E-state index contributed by atoms with van der Waals surface area (Å²) in [4.78, 5) is 18.0. The largest absolute Gasteiger partial charge is 0.484 e. The van der Waals surface area contributed by atoms with E-state index in [1.165, 1.54) is 16.9 Å². The van der Waals surface area contributed by atoms with Crippen molar-refractivity contribution in [2.24, 2.45) is 0 Å². The normalized spacial score (nSPS) is 10.7. The van der Waals surface area contributed by atoms with Crippen molar-refractivity contribution >= 4 is 38.3 Å². The number of ether oxygens (including phenoxy) is 1. The van der Waals surface area contributed by atoms with Gasteiger partial charge in [0.25, 0.3) is 5.91 Å². The molecule has 0 aliphatic heterocycles. The number of anilines is 1. The second-order valence-corrected chi connectivity index (χ2v) is 8.38. The summed E-state index contributed by atoms with van der Waals surface area (Å²) in [5, 5.41) is 3.45. The molecule has 1 heterocycles. The van der Waals surface area contributed by atoms with Gasteiger partial charge in [0.05, 0.1) is 5.69 Å². The fourth-order valence-corrected chi connectivity index (χ4v) is 4.03. The van der Waals surface area contributed by atoms with Crippen LogP contribution in [0.5, 0.6) is 5.75 Å². The second-order valence-electron chi connectivity index (χ2n) is 6.38. The number of hydrogen-bond acceptors (Lipinski definition) is 4. The average molecular weight is 459 g/mol. The van der Waals surface area contributed by atoms with Gasteiger partial charge in [-0.2, -0.15) is 0 Å². The molecule has 0 atom stereocenters. The van der Waals surface area contributed by atoms with E-state index in [9.17, 15) is 4.79 Å². The number of carbonyl (C=O) groups excluding carboxylic acids is 1. The number of benzene rings is 2. The van der Waals surface area contributed by atoms with Crippen molar-refractivity contribution in [1.82, 2.24) is 4.98 Å². The first-order valence-electron chi connectivity index (χ1n) is 9.36. The topological polar surface area (TPSA) is 51.2 Å². The Morgan fingerprint density at radius 1 is 1.11 bits per heavy atom. The lowest BCUT2D eigenvalue weighted by molar-refractivity contribution is -0.118. The van der Waals surface area contributed by atoms with Crippen molar-refractivity contribution in [3.8, 4) is 17.0 Å². The van der Waals surface area contributed by atoms with Crippen molar-refractivity contribution in [2.75, 3.05) is 11.9 Å². The van der Waals surface area contributed by atoms with Crippen LogP contribution in [0.4, 0.5) is 5.13 Å². The van der Waals surface area contributed by atoms with Crippen LogP contribution in [0.2, 0.25) is 0 Å². The summed E-state index contributed by atoms with van der Waals surface area (Å²) < 4.78 is 6.62. The Bertz CT molecular complexity index is 921. The number of halogens is 1. The van der Waals surface area contributed by atoms with Gasteiger partial charge in [-0.15, -0.1) is 11.3 Å². The molecule has 2 aromatic carbocycles. The molecule has 0 fully saturated rings. The van der Waals surface area contributed by atoms with Gasteiger partial charge >= 0.3 is 0 Å². The number of nitrogens with one attached hydrogen (secondary N) is 1. The molecule has 3 aromatic rings. The lowest BCUT2D eigenvalue weighted by atomic mass is 10.1. The maximum Gasteiger partial charge on any atom is 0.264 e. The summed E-state index contributed by atoms with van der Waals surface area (Å²) in [6.45, 7) is 4.20. The highest BCUT2D eigenvalue weighted by atomic mass is 79.9. The molecule has 0 unspecified atom stereocenters. The molecule has 6 heteroatoms. The molecular weight excluding hydrogens is 436 g/mol. The number of amides is 1. The predicted molar refractivity (Wildman–Crippen MR) is 119 cm³/mol. The number of hydrogen-bond donors (Lipinski definition) is 1. The Labute approximate surface area is 178 Å². The third-order valence-corrected chi connectivity index (χ3v) is 5.86. The number of rotatable bonds is 8. The Balaban J connectivity index is 1.61. The van der Waals surface area contributed by atoms with Crippen LogP contribution in [0.15, 0.2) is 53.0 Å². The zero-order chi connectivity index (χ0) is 19.9. The minimum atomic E-state index is -0.212. The SMILES string of the molecule is CCCc1ccc(OCC(=O)Nc2nc(-c3ccc(Br)cc3)c(CC)s2)cc1. The molecule has 3 rings (SSSR count). The minimum Gasteiger partial charge on any atom is -0.484 e. The van der Waals surface area contributed by atoms with Crippen LogP contribution in [0, 0.1) is 0 Å². The molecule has 1 aromatic heterocycles. The first-order valence-corrected chi connectivity index (χ1v) is 11.0. The van der Waals surface area contributed by atoms with E-state index in [2.05, 4.69) is 40.1 Å². The maximum atomic E-state index is 12.3. The van der Waals surface area contributed by atoms with Crippen LogP contribution >= 0.6 is 27.3 Å². The standard InChI is InChI=1S/C22H23BrN2O2S/c1-3-5-15-6-12-18(13-7-15)27-14-20(26)24-22-25-21(19(4-2)28-22)16-8-10-17(23)11-9-16/h6-13H,3-5,14H2,1-2H3,(H,24,25,26). The lowest BCUT2D eigenvalue weighted by Crippen LogP contribution is -2.20. The average Bonchev–Trinajstić information content (AvgIpc) is 3.11. The molecule has 0 aliphatic rings. The first-order chi connectivity index (χ1) is 13.6. The number of aromatic nitrogens is 1. The van der Waals surface area contributed by atoms with E-state index in [0.29, 0.717) is 10.9 Å². The van der Waals surface area contributed by atoms with E-state index < -0.39 is 0 Å². The quantitative estimate of drug-likeness (QED) is 0.443. The van der Waals surface area contributed by atoms with E-state index in [1.807, 2.05) is 48.5 Å². The van der Waals surface area contributed by atoms with Gasteiger partial charge in [0.2, 0.25) is 0 Å². The van der Waals surface area contributed by atoms with Gasteiger partial charge in [0.1, 0.15) is 5.75 Å². The molecule has 1 N–H and O–H groups in total. The van der Waals surface area contributed by atoms with E-state index in [-0.39, 0.29) is 12.5 Å². The molecule has 0 saturated carbocycles. The maximum absolute atomic E-state index is 12.3. The zero-order valence-electron chi connectivity index (χ0n) is 16.0. The van der Waals surface area contributed by atoms with Gasteiger partial charge in [-0.25, -0.2) is 4.98 Å². The lowest BCUT2D eigenvalue weighted by Gasteiger charge is -2.06. The van der Waals surface area contributed by atoms with Crippen LogP contribution in [-0.4, -0.2) is 17.5 Å². The molecule has 0 aliphatic carbocycles. The highest BCUT2D eigenvalue weighted by Crippen LogP contribution is 2.32. The number of carbonyl (C=O) groups is 1. The molecule has 1 amide bonds. The van der Waals surface area contributed by atoms with Crippen LogP contribution in [0.3, 0.4) is 0 Å². The van der Waals surface area contributed by atoms with Gasteiger partial charge in [0.15, 0.2) is 11.7 Å². The second kappa shape index (κ2) is 9.85. The van der Waals surface area contributed by atoms with Crippen LogP contribution in [-0.2, 0) is 17.6 Å². The van der Waals surface area contributed by atoms with Crippen molar-refractivity contribution in [3.63, 3.8) is 0 Å². The highest BCUT2D eigenvalue weighted by Gasteiger charge is 2.14. The Morgan fingerprint density at radius 3 is 2.46 bits per heavy atom. The number of thiazole rings is 1. The molecule has 0 spiro atoms.